The number of carbonyl (C=O) groups is 2. The third-order valence-electron chi connectivity index (χ3n) is 5.96. The smallest absolute Gasteiger partial charge is 0.237 e. The van der Waals surface area contributed by atoms with E-state index in [0.717, 1.165) is 17.7 Å². The predicted molar refractivity (Wildman–Crippen MR) is 126 cm³/mol. The van der Waals surface area contributed by atoms with E-state index in [1.54, 1.807) is 4.90 Å². The number of aromatic nitrogens is 3. The number of nitrogens with zero attached hydrogens (tertiary/aromatic N) is 3. The zero-order valence-electron chi connectivity index (χ0n) is 18.7. The number of carbonyl (C=O) groups excluding carboxylic acids is 2. The van der Waals surface area contributed by atoms with E-state index in [2.05, 4.69) is 10.2 Å². The largest absolute Gasteiger partial charge is 0.494 e. The number of hydrogen-bond donors (Lipinski definition) is 2. The lowest BCUT2D eigenvalue weighted by Crippen LogP contribution is -2.40. The summed E-state index contributed by atoms with van der Waals surface area (Å²) in [5.41, 5.74) is 6.28. The van der Waals surface area contributed by atoms with E-state index < -0.39 is 5.91 Å². The van der Waals surface area contributed by atoms with Gasteiger partial charge in [-0.3, -0.25) is 19.3 Å². The van der Waals surface area contributed by atoms with E-state index in [1.165, 1.54) is 32.1 Å². The van der Waals surface area contributed by atoms with Crippen LogP contribution >= 0.6 is 12.2 Å². The van der Waals surface area contributed by atoms with Crippen molar-refractivity contribution in [2.24, 2.45) is 11.7 Å². The van der Waals surface area contributed by atoms with Gasteiger partial charge >= 0.3 is 0 Å². The van der Waals surface area contributed by atoms with Crippen molar-refractivity contribution >= 4 is 24.0 Å². The molecule has 8 nitrogen and oxygen atoms in total. The van der Waals surface area contributed by atoms with Gasteiger partial charge in [-0.15, -0.1) is 0 Å². The van der Waals surface area contributed by atoms with Crippen molar-refractivity contribution < 1.29 is 14.3 Å². The molecule has 2 amide bonds. The first-order valence-corrected chi connectivity index (χ1v) is 11.8. The van der Waals surface area contributed by atoms with Crippen molar-refractivity contribution in [3.8, 4) is 17.1 Å². The number of aromatic amines is 1. The van der Waals surface area contributed by atoms with Crippen LogP contribution in [-0.4, -0.2) is 51.2 Å². The highest BCUT2D eigenvalue weighted by atomic mass is 32.1. The van der Waals surface area contributed by atoms with Gasteiger partial charge in [0.05, 0.1) is 13.2 Å². The monoisotopic (exact) mass is 459 g/mol. The summed E-state index contributed by atoms with van der Waals surface area (Å²) < 4.78 is 7.75. The maximum Gasteiger partial charge on any atom is 0.237 e. The van der Waals surface area contributed by atoms with Crippen LogP contribution < -0.4 is 10.5 Å². The Morgan fingerprint density at radius 2 is 1.97 bits per heavy atom. The van der Waals surface area contributed by atoms with Crippen LogP contribution in [0, 0.1) is 10.7 Å². The van der Waals surface area contributed by atoms with E-state index in [-0.39, 0.29) is 18.9 Å². The number of rotatable bonds is 11. The number of hydrogen-bond acceptors (Lipinski definition) is 5. The van der Waals surface area contributed by atoms with Crippen LogP contribution in [0.4, 0.5) is 0 Å². The predicted octanol–water partition coefficient (Wildman–Crippen LogP) is 3.68. The van der Waals surface area contributed by atoms with Gasteiger partial charge in [-0.1, -0.05) is 32.1 Å². The summed E-state index contributed by atoms with van der Waals surface area (Å²) >= 11 is 5.39. The molecular formula is C23H33N5O3S. The normalized spacial score (nSPS) is 14.3. The summed E-state index contributed by atoms with van der Waals surface area (Å²) in [4.78, 5) is 26.1. The lowest BCUT2D eigenvalue weighted by atomic mass is 9.87. The zero-order valence-corrected chi connectivity index (χ0v) is 19.5. The molecule has 32 heavy (non-hydrogen) atoms. The van der Waals surface area contributed by atoms with Crippen molar-refractivity contribution in [1.29, 1.82) is 0 Å². The molecule has 0 aliphatic heterocycles. The molecule has 3 rings (SSSR count). The number of amides is 2. The van der Waals surface area contributed by atoms with Crippen molar-refractivity contribution in [2.75, 3.05) is 19.7 Å². The van der Waals surface area contributed by atoms with Crippen LogP contribution in [0.1, 0.15) is 51.9 Å². The lowest BCUT2D eigenvalue weighted by Gasteiger charge is -2.26. The van der Waals surface area contributed by atoms with Crippen molar-refractivity contribution in [2.45, 2.75) is 58.4 Å². The van der Waals surface area contributed by atoms with Gasteiger partial charge in [-0.25, -0.2) is 0 Å². The maximum absolute atomic E-state index is 12.9. The number of nitrogens with one attached hydrogen (secondary N) is 1. The van der Waals surface area contributed by atoms with Crippen LogP contribution in [0.2, 0.25) is 0 Å². The SMILES string of the molecule is CCOc1ccc(-c2n[nH]c(=S)n2CCC(=O)N(CCC2CCCCC2)CC(N)=O)cc1. The summed E-state index contributed by atoms with van der Waals surface area (Å²) in [6.45, 7) is 3.42. The second kappa shape index (κ2) is 11.8. The van der Waals surface area contributed by atoms with Crippen molar-refractivity contribution in [3.63, 3.8) is 0 Å². The first-order valence-electron chi connectivity index (χ1n) is 11.4. The van der Waals surface area contributed by atoms with E-state index >= 15 is 0 Å². The fourth-order valence-electron chi connectivity index (χ4n) is 4.27. The molecule has 3 N–H and O–H groups in total. The molecule has 9 heteroatoms. The third-order valence-corrected chi connectivity index (χ3v) is 6.27. The second-order valence-electron chi connectivity index (χ2n) is 8.29. The highest BCUT2D eigenvalue weighted by Gasteiger charge is 2.20. The van der Waals surface area contributed by atoms with Gasteiger partial charge in [0.2, 0.25) is 11.8 Å². The number of benzene rings is 1. The quantitative estimate of drug-likeness (QED) is 0.499. The fourth-order valence-corrected chi connectivity index (χ4v) is 4.50. The number of ether oxygens (including phenoxy) is 1. The van der Waals surface area contributed by atoms with Gasteiger partial charge in [-0.05, 0) is 55.7 Å². The topological polar surface area (TPSA) is 106 Å². The van der Waals surface area contributed by atoms with Gasteiger partial charge in [0, 0.05) is 25.1 Å². The van der Waals surface area contributed by atoms with Crippen LogP contribution in [0.25, 0.3) is 11.4 Å². The Balaban J connectivity index is 1.64. The number of nitrogens with two attached hydrogens (primary N) is 1. The average Bonchev–Trinajstić information content (AvgIpc) is 3.16. The van der Waals surface area contributed by atoms with Gasteiger partial charge < -0.3 is 15.4 Å². The molecule has 0 bridgehead atoms. The van der Waals surface area contributed by atoms with Crippen molar-refractivity contribution in [3.05, 3.63) is 29.0 Å². The van der Waals surface area contributed by atoms with E-state index in [1.807, 2.05) is 35.8 Å². The standard InChI is InChI=1S/C23H33N5O3S/c1-2-31-19-10-8-18(9-11-19)22-25-26-23(32)28(22)15-13-21(30)27(16-20(24)29)14-12-17-6-4-3-5-7-17/h8-11,17H,2-7,12-16H2,1H3,(H2,24,29)(H,26,32). The Labute approximate surface area is 194 Å². The molecule has 174 valence electrons. The molecule has 0 unspecified atom stereocenters. The van der Waals surface area contributed by atoms with E-state index in [0.29, 0.717) is 36.2 Å². The Kier molecular flexibility index (Phi) is 8.84. The molecule has 0 radical (unpaired) electrons. The molecule has 1 aliphatic rings. The minimum atomic E-state index is -0.489. The first-order chi connectivity index (χ1) is 15.5. The number of H-pyrrole nitrogens is 1. The Hall–Kier alpha value is -2.68. The molecule has 0 saturated heterocycles. The Morgan fingerprint density at radius 3 is 2.62 bits per heavy atom. The summed E-state index contributed by atoms with van der Waals surface area (Å²) in [7, 11) is 0. The molecule has 1 saturated carbocycles. The summed E-state index contributed by atoms with van der Waals surface area (Å²) in [6, 6.07) is 7.59. The van der Waals surface area contributed by atoms with Crippen LogP contribution in [0.3, 0.4) is 0 Å². The molecular weight excluding hydrogens is 426 g/mol. The molecule has 1 heterocycles. The fraction of sp³-hybridized carbons (Fsp3) is 0.565. The molecule has 1 aliphatic carbocycles. The van der Waals surface area contributed by atoms with Gasteiger partial charge in [0.15, 0.2) is 10.6 Å². The van der Waals surface area contributed by atoms with E-state index in [4.69, 9.17) is 22.7 Å². The van der Waals surface area contributed by atoms with Crippen molar-refractivity contribution in [1.82, 2.24) is 19.7 Å². The minimum Gasteiger partial charge on any atom is -0.494 e. The van der Waals surface area contributed by atoms with Gasteiger partial charge in [-0.2, -0.15) is 5.10 Å². The first kappa shape index (κ1) is 24.0. The molecule has 1 aromatic carbocycles. The van der Waals surface area contributed by atoms with Crippen LogP contribution in [-0.2, 0) is 16.1 Å². The highest BCUT2D eigenvalue weighted by Crippen LogP contribution is 2.26. The molecule has 1 fully saturated rings. The van der Waals surface area contributed by atoms with Gasteiger partial charge in [0.25, 0.3) is 0 Å². The Morgan fingerprint density at radius 1 is 1.25 bits per heavy atom. The molecule has 0 spiro atoms. The summed E-state index contributed by atoms with van der Waals surface area (Å²) in [5.74, 6) is 1.49. The van der Waals surface area contributed by atoms with Crippen LogP contribution in [0.15, 0.2) is 24.3 Å². The van der Waals surface area contributed by atoms with E-state index in [9.17, 15) is 9.59 Å². The minimum absolute atomic E-state index is 0.0475. The second-order valence-corrected chi connectivity index (χ2v) is 8.67. The summed E-state index contributed by atoms with van der Waals surface area (Å²) in [6.07, 6.45) is 7.34. The van der Waals surface area contributed by atoms with Gasteiger partial charge in [0.1, 0.15) is 5.75 Å². The number of primary amides is 1. The highest BCUT2D eigenvalue weighted by molar-refractivity contribution is 7.71. The molecule has 0 atom stereocenters. The Bertz CT molecular complexity index is 947. The average molecular weight is 460 g/mol. The van der Waals surface area contributed by atoms with Crippen LogP contribution in [0.5, 0.6) is 5.75 Å². The maximum atomic E-state index is 12.9. The molecule has 2 aromatic rings. The third kappa shape index (κ3) is 6.66. The lowest BCUT2D eigenvalue weighted by molar-refractivity contribution is -0.135. The zero-order chi connectivity index (χ0) is 22.9. The molecule has 1 aromatic heterocycles. The summed E-state index contributed by atoms with van der Waals surface area (Å²) in [5, 5.41) is 7.15.